The van der Waals surface area contributed by atoms with E-state index in [1.165, 1.54) is 12.1 Å². The molecule has 0 saturated heterocycles. The van der Waals surface area contributed by atoms with Gasteiger partial charge in [-0.15, -0.1) is 0 Å². The van der Waals surface area contributed by atoms with Crippen molar-refractivity contribution in [3.05, 3.63) is 0 Å². The molecule has 74 valence electrons. The van der Waals surface area contributed by atoms with Crippen LogP contribution < -0.4 is 11.5 Å². The maximum Gasteiger partial charge on any atom is 0.159 e. The van der Waals surface area contributed by atoms with E-state index in [0.29, 0.717) is 0 Å². The first-order chi connectivity index (χ1) is 5.81. The van der Waals surface area contributed by atoms with Gasteiger partial charge in [0.15, 0.2) is 9.04 Å². The fourth-order valence-electron chi connectivity index (χ4n) is 1.02. The lowest BCUT2D eigenvalue weighted by Gasteiger charge is -2.10. The minimum absolute atomic E-state index is 0.234. The number of rotatable bonds is 8. The molecule has 0 bridgehead atoms. The topological polar surface area (TPSA) is 61.3 Å². The Hall–Kier alpha value is 0.314. The molecule has 0 spiro atoms. The molecular formula is C7H22N2OSi2. The van der Waals surface area contributed by atoms with Crippen LogP contribution in [-0.4, -0.2) is 31.9 Å². The Morgan fingerprint density at radius 1 is 1.25 bits per heavy atom. The lowest BCUT2D eigenvalue weighted by Crippen LogP contribution is -2.18. The van der Waals surface area contributed by atoms with E-state index in [2.05, 4.69) is 6.55 Å². The molecule has 0 aliphatic carbocycles. The molecule has 5 heteroatoms. The molecule has 0 heterocycles. The zero-order valence-electron chi connectivity index (χ0n) is 8.09. The van der Waals surface area contributed by atoms with Gasteiger partial charge in [0, 0.05) is 0 Å². The van der Waals surface area contributed by atoms with Crippen LogP contribution in [0.2, 0.25) is 18.6 Å². The summed E-state index contributed by atoms with van der Waals surface area (Å²) in [6.45, 7) is 3.89. The van der Waals surface area contributed by atoms with E-state index in [1.54, 1.807) is 0 Å². The Morgan fingerprint density at radius 2 is 1.92 bits per heavy atom. The predicted octanol–water partition coefficient (Wildman–Crippen LogP) is -0.444. The summed E-state index contributed by atoms with van der Waals surface area (Å²) in [5.74, 6) is 0. The summed E-state index contributed by atoms with van der Waals surface area (Å²) in [5.41, 5.74) is 10.8. The van der Waals surface area contributed by atoms with Crippen LogP contribution in [0.4, 0.5) is 0 Å². The molecule has 0 radical (unpaired) electrons. The molecular weight excluding hydrogens is 184 g/mol. The summed E-state index contributed by atoms with van der Waals surface area (Å²) >= 11 is 0. The zero-order valence-corrected chi connectivity index (χ0v) is 10.7. The molecule has 1 atom stereocenters. The van der Waals surface area contributed by atoms with Crippen LogP contribution in [0.3, 0.4) is 0 Å². The van der Waals surface area contributed by atoms with E-state index in [4.69, 9.17) is 15.6 Å². The van der Waals surface area contributed by atoms with E-state index in [0.717, 1.165) is 25.9 Å². The van der Waals surface area contributed by atoms with Crippen molar-refractivity contribution in [3.63, 3.8) is 0 Å². The Morgan fingerprint density at radius 3 is 2.50 bits per heavy atom. The van der Waals surface area contributed by atoms with Gasteiger partial charge in [-0.05, 0) is 44.6 Å². The van der Waals surface area contributed by atoms with Crippen molar-refractivity contribution >= 4 is 18.8 Å². The fraction of sp³-hybridized carbons (Fsp3) is 1.00. The van der Waals surface area contributed by atoms with Crippen molar-refractivity contribution in [2.45, 2.75) is 31.5 Å². The zero-order chi connectivity index (χ0) is 9.23. The highest BCUT2D eigenvalue weighted by Crippen LogP contribution is 1.98. The molecule has 0 rings (SSSR count). The lowest BCUT2D eigenvalue weighted by molar-refractivity contribution is 0.601. The van der Waals surface area contributed by atoms with E-state index < -0.39 is 9.04 Å². The van der Waals surface area contributed by atoms with E-state index in [1.807, 2.05) is 0 Å². The molecule has 4 N–H and O–H groups in total. The monoisotopic (exact) mass is 206 g/mol. The highest BCUT2D eigenvalue weighted by atomic mass is 28.3. The van der Waals surface area contributed by atoms with E-state index in [9.17, 15) is 0 Å². The molecule has 0 aromatic rings. The normalized spacial score (nSPS) is 14.2. The molecule has 0 aromatic heterocycles. The van der Waals surface area contributed by atoms with Crippen molar-refractivity contribution in [2.24, 2.45) is 11.5 Å². The quantitative estimate of drug-likeness (QED) is 0.418. The number of nitrogens with two attached hydrogens (primary N) is 2. The first-order valence-corrected chi connectivity index (χ1v) is 8.85. The first-order valence-electron chi connectivity index (χ1n) is 4.83. The second-order valence-corrected chi connectivity index (χ2v) is 7.76. The molecule has 0 aromatic carbocycles. The second-order valence-electron chi connectivity index (χ2n) is 3.11. The van der Waals surface area contributed by atoms with Gasteiger partial charge in [-0.3, -0.25) is 0 Å². The van der Waals surface area contributed by atoms with Gasteiger partial charge < -0.3 is 15.6 Å². The fourth-order valence-corrected chi connectivity index (χ4v) is 5.27. The predicted molar refractivity (Wildman–Crippen MR) is 59.6 cm³/mol. The molecule has 0 aliphatic rings. The smallest absolute Gasteiger partial charge is 0.159 e. The van der Waals surface area contributed by atoms with Crippen LogP contribution >= 0.6 is 0 Å². The summed E-state index contributed by atoms with van der Waals surface area (Å²) in [6, 6.07) is 2.49. The minimum atomic E-state index is -0.822. The van der Waals surface area contributed by atoms with Gasteiger partial charge in [0.05, 0.1) is 0 Å². The summed E-state index contributed by atoms with van der Waals surface area (Å²) in [7, 11) is -1.06. The summed E-state index contributed by atoms with van der Waals surface area (Å²) in [5, 5.41) is 0. The molecule has 0 amide bonds. The van der Waals surface area contributed by atoms with Gasteiger partial charge in [0.1, 0.15) is 9.76 Å². The van der Waals surface area contributed by atoms with Crippen molar-refractivity contribution in [1.82, 2.24) is 0 Å². The van der Waals surface area contributed by atoms with Gasteiger partial charge in [-0.25, -0.2) is 0 Å². The first kappa shape index (κ1) is 12.3. The number of hydrogen-bond acceptors (Lipinski definition) is 3. The number of hydrogen-bond donors (Lipinski definition) is 2. The Bertz CT molecular complexity index is 95.5. The van der Waals surface area contributed by atoms with Crippen LogP contribution in [0.15, 0.2) is 0 Å². The third-order valence-corrected chi connectivity index (χ3v) is 7.04. The average Bonchev–Trinajstić information content (AvgIpc) is 2.09. The third kappa shape index (κ3) is 8.41. The average molecular weight is 206 g/mol. The molecule has 1 unspecified atom stereocenters. The third-order valence-electron chi connectivity index (χ3n) is 1.82. The molecule has 0 aliphatic heterocycles. The summed E-state index contributed by atoms with van der Waals surface area (Å²) in [4.78, 5) is 0. The van der Waals surface area contributed by atoms with Gasteiger partial charge in [-0.1, -0.05) is 0 Å². The van der Waals surface area contributed by atoms with Crippen LogP contribution in [0.25, 0.3) is 0 Å². The van der Waals surface area contributed by atoms with Crippen molar-refractivity contribution < 1.29 is 4.12 Å². The molecule has 0 fully saturated rings. The van der Waals surface area contributed by atoms with Crippen molar-refractivity contribution in [3.8, 4) is 0 Å². The van der Waals surface area contributed by atoms with E-state index >= 15 is 0 Å². The highest BCUT2D eigenvalue weighted by Gasteiger charge is 2.02. The largest absolute Gasteiger partial charge is 0.463 e. The van der Waals surface area contributed by atoms with Crippen molar-refractivity contribution in [2.75, 3.05) is 13.1 Å². The molecule has 12 heavy (non-hydrogen) atoms. The van der Waals surface area contributed by atoms with Gasteiger partial charge >= 0.3 is 0 Å². The van der Waals surface area contributed by atoms with Crippen LogP contribution in [-0.2, 0) is 4.12 Å². The van der Waals surface area contributed by atoms with Crippen LogP contribution in [0.1, 0.15) is 12.8 Å². The standard InChI is InChI=1S/C7H22N2OSi2/c1-12(7-3-5-9)10-11-6-2-4-8/h12H,2-9,11H2,1H3. The Labute approximate surface area is 79.5 Å². The molecule has 0 saturated carbocycles. The van der Waals surface area contributed by atoms with Gasteiger partial charge in [-0.2, -0.15) is 0 Å². The maximum absolute atomic E-state index is 5.81. The second kappa shape index (κ2) is 9.40. The summed E-state index contributed by atoms with van der Waals surface area (Å²) < 4.78 is 5.81. The van der Waals surface area contributed by atoms with Crippen LogP contribution in [0.5, 0.6) is 0 Å². The van der Waals surface area contributed by atoms with Gasteiger partial charge in [0.2, 0.25) is 0 Å². The minimum Gasteiger partial charge on any atom is -0.463 e. The van der Waals surface area contributed by atoms with Crippen molar-refractivity contribution in [1.29, 1.82) is 0 Å². The maximum atomic E-state index is 5.81. The SMILES string of the molecule is C[SiH](CCCN)O[SiH2]CCCN. The van der Waals surface area contributed by atoms with E-state index in [-0.39, 0.29) is 9.76 Å². The van der Waals surface area contributed by atoms with Gasteiger partial charge in [0.25, 0.3) is 0 Å². The Kier molecular flexibility index (Phi) is 9.65. The Balaban J connectivity index is 3.02. The summed E-state index contributed by atoms with van der Waals surface area (Å²) in [6.07, 6.45) is 2.28. The van der Waals surface area contributed by atoms with Crippen LogP contribution in [0, 0.1) is 0 Å². The lowest BCUT2D eigenvalue weighted by atomic mass is 10.5. The highest BCUT2D eigenvalue weighted by molar-refractivity contribution is 6.57. The molecule has 3 nitrogen and oxygen atoms in total.